The summed E-state index contributed by atoms with van der Waals surface area (Å²) in [6.45, 7) is 0.662. The first-order valence-corrected chi connectivity index (χ1v) is 3.19. The first-order chi connectivity index (χ1) is 4.33. The molecular formula is C6H11NO2. The zero-order chi connectivity index (χ0) is 6.69. The van der Waals surface area contributed by atoms with Crippen molar-refractivity contribution in [3.8, 4) is 0 Å². The topological polar surface area (TPSA) is 49.3 Å². The molecule has 0 aromatic rings. The maximum absolute atomic E-state index is 10.6. The van der Waals surface area contributed by atoms with Gasteiger partial charge in [-0.15, -0.1) is 0 Å². The van der Waals surface area contributed by atoms with Crippen LogP contribution in [0.2, 0.25) is 0 Å². The van der Waals surface area contributed by atoms with E-state index in [0.29, 0.717) is 19.4 Å². The van der Waals surface area contributed by atoms with Crippen molar-refractivity contribution in [2.45, 2.75) is 18.9 Å². The minimum Gasteiger partial charge on any atom is -0.396 e. The third kappa shape index (κ3) is 1.77. The van der Waals surface area contributed by atoms with Crippen LogP contribution in [-0.2, 0) is 4.79 Å². The molecular weight excluding hydrogens is 118 g/mol. The Balaban J connectivity index is 2.22. The van der Waals surface area contributed by atoms with Crippen LogP contribution >= 0.6 is 0 Å². The molecule has 3 nitrogen and oxygen atoms in total. The van der Waals surface area contributed by atoms with E-state index in [1.807, 2.05) is 0 Å². The minimum atomic E-state index is 0.172. The molecule has 3 heteroatoms. The number of aliphatic hydroxyl groups is 1. The molecule has 1 unspecified atom stereocenters. The third-order valence-electron chi connectivity index (χ3n) is 1.54. The Labute approximate surface area is 54.1 Å². The van der Waals surface area contributed by atoms with Gasteiger partial charge in [-0.3, -0.25) is 4.79 Å². The number of nitrogens with one attached hydrogen (secondary N) is 1. The van der Waals surface area contributed by atoms with Crippen molar-refractivity contribution in [3.63, 3.8) is 0 Å². The predicted molar refractivity (Wildman–Crippen MR) is 33.1 cm³/mol. The molecule has 2 N–H and O–H groups in total. The van der Waals surface area contributed by atoms with E-state index in [1.165, 1.54) is 0 Å². The molecule has 0 aromatic carbocycles. The van der Waals surface area contributed by atoms with E-state index in [2.05, 4.69) is 5.32 Å². The smallest absolute Gasteiger partial charge is 0.148 e. The molecule has 0 bridgehead atoms. The van der Waals surface area contributed by atoms with Gasteiger partial charge in [-0.05, 0) is 6.42 Å². The molecule has 1 atom stereocenters. The summed E-state index contributed by atoms with van der Waals surface area (Å²) in [5, 5.41) is 11.5. The van der Waals surface area contributed by atoms with Gasteiger partial charge in [0.25, 0.3) is 0 Å². The number of carbonyl (C=O) groups is 1. The van der Waals surface area contributed by atoms with Crippen molar-refractivity contribution < 1.29 is 9.90 Å². The lowest BCUT2D eigenvalue weighted by molar-refractivity contribution is -0.116. The number of ketones is 1. The Hall–Kier alpha value is -0.410. The number of hydrogen-bond donors (Lipinski definition) is 2. The maximum atomic E-state index is 10.6. The van der Waals surface area contributed by atoms with Crippen LogP contribution in [0.15, 0.2) is 0 Å². The van der Waals surface area contributed by atoms with E-state index in [-0.39, 0.29) is 18.4 Å². The van der Waals surface area contributed by atoms with Gasteiger partial charge >= 0.3 is 0 Å². The van der Waals surface area contributed by atoms with E-state index in [4.69, 9.17) is 5.11 Å². The maximum Gasteiger partial charge on any atom is 0.148 e. The molecule has 1 saturated heterocycles. The number of Topliss-reactive ketones (excluding diaryl/α,β-unsaturated/α-hetero) is 1. The summed E-state index contributed by atoms with van der Waals surface area (Å²) >= 11 is 0. The number of aliphatic hydroxyl groups excluding tert-OH is 1. The van der Waals surface area contributed by atoms with Gasteiger partial charge in [0.15, 0.2) is 0 Å². The molecule has 52 valence electrons. The second-order valence-electron chi connectivity index (χ2n) is 2.33. The van der Waals surface area contributed by atoms with Crippen molar-refractivity contribution in [1.82, 2.24) is 5.32 Å². The highest BCUT2D eigenvalue weighted by atomic mass is 16.3. The second kappa shape index (κ2) is 2.94. The summed E-state index contributed by atoms with van der Waals surface area (Å²) in [4.78, 5) is 10.6. The molecule has 0 aromatic heterocycles. The average molecular weight is 129 g/mol. The van der Waals surface area contributed by atoms with Crippen LogP contribution < -0.4 is 5.32 Å². The Kier molecular flexibility index (Phi) is 2.19. The largest absolute Gasteiger partial charge is 0.396 e. The molecule has 1 heterocycles. The Bertz CT molecular complexity index is 114. The van der Waals surface area contributed by atoms with Crippen molar-refractivity contribution in [3.05, 3.63) is 0 Å². The summed E-state index contributed by atoms with van der Waals surface area (Å²) in [7, 11) is 0. The highest BCUT2D eigenvalue weighted by Crippen LogP contribution is 2.03. The van der Waals surface area contributed by atoms with Crippen molar-refractivity contribution >= 4 is 5.78 Å². The van der Waals surface area contributed by atoms with Gasteiger partial charge in [0.05, 0.1) is 6.54 Å². The lowest BCUT2D eigenvalue weighted by Gasteiger charge is -2.03. The highest BCUT2D eigenvalue weighted by Gasteiger charge is 2.19. The normalized spacial score (nSPS) is 27.2. The predicted octanol–water partition coefficient (Wildman–Crippen LogP) is -0.700. The molecule has 1 aliphatic rings. The molecule has 1 rings (SSSR count). The quantitative estimate of drug-likeness (QED) is 0.518. The molecule has 9 heavy (non-hydrogen) atoms. The first kappa shape index (κ1) is 6.71. The third-order valence-corrected chi connectivity index (χ3v) is 1.54. The first-order valence-electron chi connectivity index (χ1n) is 3.19. The van der Waals surface area contributed by atoms with E-state index in [0.717, 1.165) is 0 Å². The fourth-order valence-electron chi connectivity index (χ4n) is 1.04. The van der Waals surface area contributed by atoms with Crippen molar-refractivity contribution in [1.29, 1.82) is 0 Å². The van der Waals surface area contributed by atoms with E-state index in [9.17, 15) is 4.79 Å². The van der Waals surface area contributed by atoms with Gasteiger partial charge in [-0.1, -0.05) is 0 Å². The summed E-state index contributed by atoms with van der Waals surface area (Å²) in [5.74, 6) is 0.258. The summed E-state index contributed by atoms with van der Waals surface area (Å²) < 4.78 is 0. The van der Waals surface area contributed by atoms with Gasteiger partial charge in [0.1, 0.15) is 5.78 Å². The monoisotopic (exact) mass is 129 g/mol. The molecule has 0 aliphatic carbocycles. The molecule has 0 amide bonds. The van der Waals surface area contributed by atoms with Crippen molar-refractivity contribution in [2.24, 2.45) is 0 Å². The van der Waals surface area contributed by atoms with Gasteiger partial charge < -0.3 is 10.4 Å². The Morgan fingerprint density at radius 1 is 1.78 bits per heavy atom. The fraction of sp³-hybridized carbons (Fsp3) is 0.833. The molecule has 0 radical (unpaired) electrons. The van der Waals surface area contributed by atoms with E-state index >= 15 is 0 Å². The van der Waals surface area contributed by atoms with Crippen LogP contribution in [-0.4, -0.2) is 30.1 Å². The van der Waals surface area contributed by atoms with Crippen LogP contribution in [0.3, 0.4) is 0 Å². The lowest BCUT2D eigenvalue weighted by Crippen LogP contribution is -2.22. The Morgan fingerprint density at radius 3 is 3.00 bits per heavy atom. The van der Waals surface area contributed by atoms with Crippen LogP contribution in [0.25, 0.3) is 0 Å². The second-order valence-corrected chi connectivity index (χ2v) is 2.33. The summed E-state index contributed by atoms with van der Waals surface area (Å²) in [5.41, 5.74) is 0. The zero-order valence-corrected chi connectivity index (χ0v) is 5.26. The average Bonchev–Trinajstić information content (AvgIpc) is 2.17. The summed E-state index contributed by atoms with van der Waals surface area (Å²) in [6, 6.07) is 0.238. The number of carbonyl (C=O) groups excluding carboxylic acids is 1. The standard InChI is InChI=1S/C6H11NO2/c8-2-1-5-3-6(9)4-7-5/h5,7-8H,1-4H2. The molecule has 1 fully saturated rings. The zero-order valence-electron chi connectivity index (χ0n) is 5.26. The van der Waals surface area contributed by atoms with Crippen LogP contribution in [0.1, 0.15) is 12.8 Å². The minimum absolute atomic E-state index is 0.172. The van der Waals surface area contributed by atoms with Crippen LogP contribution in [0, 0.1) is 0 Å². The molecule has 1 aliphatic heterocycles. The van der Waals surface area contributed by atoms with Gasteiger partial charge in [-0.2, -0.15) is 0 Å². The van der Waals surface area contributed by atoms with E-state index in [1.54, 1.807) is 0 Å². The SMILES string of the molecule is O=C1CNC(CCO)C1. The fourth-order valence-corrected chi connectivity index (χ4v) is 1.04. The molecule has 0 saturated carbocycles. The number of rotatable bonds is 2. The van der Waals surface area contributed by atoms with E-state index < -0.39 is 0 Å². The van der Waals surface area contributed by atoms with Crippen molar-refractivity contribution in [2.75, 3.05) is 13.2 Å². The van der Waals surface area contributed by atoms with Gasteiger partial charge in [0, 0.05) is 19.1 Å². The Morgan fingerprint density at radius 2 is 2.56 bits per heavy atom. The lowest BCUT2D eigenvalue weighted by atomic mass is 10.2. The highest BCUT2D eigenvalue weighted by molar-refractivity contribution is 5.83. The van der Waals surface area contributed by atoms with Crippen LogP contribution in [0.5, 0.6) is 0 Å². The van der Waals surface area contributed by atoms with Gasteiger partial charge in [0.2, 0.25) is 0 Å². The molecule has 0 spiro atoms. The van der Waals surface area contributed by atoms with Crippen LogP contribution in [0.4, 0.5) is 0 Å². The van der Waals surface area contributed by atoms with Gasteiger partial charge in [-0.25, -0.2) is 0 Å². The number of hydrogen-bond acceptors (Lipinski definition) is 3. The summed E-state index contributed by atoms with van der Waals surface area (Å²) in [6.07, 6.45) is 1.30.